The van der Waals surface area contributed by atoms with E-state index in [2.05, 4.69) is 21.2 Å². The Morgan fingerprint density at radius 3 is 2.63 bits per heavy atom. The molecule has 0 aliphatic carbocycles. The van der Waals surface area contributed by atoms with Gasteiger partial charge in [0.05, 0.1) is 28.2 Å². The molecule has 0 aromatic heterocycles. The Bertz CT molecular complexity index is 939. The summed E-state index contributed by atoms with van der Waals surface area (Å²) in [5.41, 5.74) is 0.953. The van der Waals surface area contributed by atoms with Gasteiger partial charge in [-0.2, -0.15) is 5.26 Å². The minimum Gasteiger partial charge on any atom is -0.492 e. The van der Waals surface area contributed by atoms with Gasteiger partial charge in [-0.25, -0.2) is 0 Å². The first-order valence-electron chi connectivity index (χ1n) is 7.78. The Balaban J connectivity index is 2.33. The van der Waals surface area contributed by atoms with Crippen molar-refractivity contribution in [3.05, 3.63) is 56.0 Å². The highest BCUT2D eigenvalue weighted by atomic mass is 79.9. The van der Waals surface area contributed by atoms with Crippen molar-refractivity contribution in [1.29, 1.82) is 5.26 Å². The van der Waals surface area contributed by atoms with Gasteiger partial charge in [0.25, 0.3) is 5.91 Å². The fourth-order valence-electron chi connectivity index (χ4n) is 2.22. The second-order valence-electron chi connectivity index (χ2n) is 5.22. The van der Waals surface area contributed by atoms with E-state index in [0.717, 1.165) is 0 Å². The number of carbonyl (C=O) groups excluding carboxylic acids is 1. The van der Waals surface area contributed by atoms with E-state index in [0.29, 0.717) is 43.9 Å². The summed E-state index contributed by atoms with van der Waals surface area (Å²) in [6, 6.07) is 9.98. The topological polar surface area (TPSA) is 71.3 Å². The minimum absolute atomic E-state index is 0.0828. The first kappa shape index (κ1) is 21.1. The van der Waals surface area contributed by atoms with E-state index < -0.39 is 5.91 Å². The van der Waals surface area contributed by atoms with Crippen LogP contribution in [0.4, 0.5) is 5.69 Å². The van der Waals surface area contributed by atoms with Gasteiger partial charge in [-0.1, -0.05) is 23.2 Å². The van der Waals surface area contributed by atoms with Crippen molar-refractivity contribution in [3.63, 3.8) is 0 Å². The van der Waals surface area contributed by atoms with E-state index in [4.69, 9.17) is 32.7 Å². The largest absolute Gasteiger partial charge is 0.492 e. The molecule has 140 valence electrons. The van der Waals surface area contributed by atoms with Crippen LogP contribution in [0.1, 0.15) is 12.5 Å². The van der Waals surface area contributed by atoms with Crippen molar-refractivity contribution in [2.45, 2.75) is 6.92 Å². The molecule has 0 aliphatic heterocycles. The van der Waals surface area contributed by atoms with Crippen molar-refractivity contribution in [2.75, 3.05) is 19.0 Å². The maximum absolute atomic E-state index is 12.4. The third kappa shape index (κ3) is 5.39. The molecule has 0 aliphatic rings. The van der Waals surface area contributed by atoms with Crippen LogP contribution in [-0.2, 0) is 4.79 Å². The Hall–Kier alpha value is -2.20. The summed E-state index contributed by atoms with van der Waals surface area (Å²) in [5.74, 6) is 0.469. The van der Waals surface area contributed by atoms with Crippen molar-refractivity contribution < 1.29 is 14.3 Å². The molecule has 1 N–H and O–H groups in total. The smallest absolute Gasteiger partial charge is 0.266 e. The average Bonchev–Trinajstić information content (AvgIpc) is 2.63. The number of carbonyl (C=O) groups is 1. The van der Waals surface area contributed by atoms with Crippen molar-refractivity contribution in [3.8, 4) is 17.6 Å². The van der Waals surface area contributed by atoms with Gasteiger partial charge in [-0.05, 0) is 64.8 Å². The molecule has 0 saturated heterocycles. The molecule has 0 radical (unpaired) electrons. The Morgan fingerprint density at radius 2 is 2.04 bits per heavy atom. The first-order valence-corrected chi connectivity index (χ1v) is 9.33. The van der Waals surface area contributed by atoms with E-state index in [1.54, 1.807) is 24.3 Å². The average molecular weight is 470 g/mol. The van der Waals surface area contributed by atoms with Crippen LogP contribution in [0.3, 0.4) is 0 Å². The van der Waals surface area contributed by atoms with Crippen LogP contribution >= 0.6 is 39.1 Å². The zero-order valence-electron chi connectivity index (χ0n) is 14.5. The molecule has 1 amide bonds. The molecule has 0 unspecified atom stereocenters. The molecule has 0 spiro atoms. The third-order valence-corrected chi connectivity index (χ3v) is 4.72. The van der Waals surface area contributed by atoms with Gasteiger partial charge in [-0.15, -0.1) is 0 Å². The quantitative estimate of drug-likeness (QED) is 0.434. The maximum Gasteiger partial charge on any atom is 0.266 e. The normalized spacial score (nSPS) is 10.9. The number of anilines is 1. The number of halogens is 3. The third-order valence-electron chi connectivity index (χ3n) is 3.39. The highest BCUT2D eigenvalue weighted by molar-refractivity contribution is 9.10. The molecular formula is C19H15BrCl2N2O3. The molecule has 0 heterocycles. The molecule has 5 nitrogen and oxygen atoms in total. The molecule has 8 heteroatoms. The molecule has 0 bridgehead atoms. The fourth-order valence-corrected chi connectivity index (χ4v) is 3.14. The number of methoxy groups -OCH3 is 1. The molecule has 2 aromatic rings. The van der Waals surface area contributed by atoms with Crippen LogP contribution in [0.25, 0.3) is 6.08 Å². The van der Waals surface area contributed by atoms with Crippen LogP contribution in [0, 0.1) is 11.3 Å². The van der Waals surface area contributed by atoms with Crippen LogP contribution in [-0.4, -0.2) is 19.6 Å². The van der Waals surface area contributed by atoms with Crippen molar-refractivity contribution >= 4 is 56.8 Å². The molecule has 27 heavy (non-hydrogen) atoms. The Morgan fingerprint density at radius 1 is 1.30 bits per heavy atom. The number of nitrogens with one attached hydrogen (secondary N) is 1. The van der Waals surface area contributed by atoms with Gasteiger partial charge in [0.2, 0.25) is 0 Å². The standard InChI is InChI=1S/C19H15BrCl2N2O3/c1-3-27-17-8-11(7-14(20)18(17)26-2)6-12(10-23)19(25)24-13-4-5-15(21)16(22)9-13/h4-9H,3H2,1-2H3,(H,24,25)/b12-6-. The number of hydrogen-bond acceptors (Lipinski definition) is 4. The molecule has 0 saturated carbocycles. The predicted molar refractivity (Wildman–Crippen MR) is 111 cm³/mol. The number of nitriles is 1. The second kappa shape index (κ2) is 9.65. The lowest BCUT2D eigenvalue weighted by atomic mass is 10.1. The lowest BCUT2D eigenvalue weighted by Gasteiger charge is -2.12. The minimum atomic E-state index is -0.569. The summed E-state index contributed by atoms with van der Waals surface area (Å²) >= 11 is 15.2. The summed E-state index contributed by atoms with van der Waals surface area (Å²) in [6.07, 6.45) is 1.46. The van der Waals surface area contributed by atoms with Gasteiger partial charge in [-0.3, -0.25) is 4.79 Å². The first-order chi connectivity index (χ1) is 12.9. The predicted octanol–water partition coefficient (Wildman–Crippen LogP) is 5.71. The Kier molecular flexibility index (Phi) is 7.55. The van der Waals surface area contributed by atoms with Gasteiger partial charge >= 0.3 is 0 Å². The summed E-state index contributed by atoms with van der Waals surface area (Å²) in [7, 11) is 1.53. The van der Waals surface area contributed by atoms with E-state index >= 15 is 0 Å². The van der Waals surface area contributed by atoms with Crippen molar-refractivity contribution in [2.24, 2.45) is 0 Å². The zero-order chi connectivity index (χ0) is 20.0. The number of amides is 1. The van der Waals surface area contributed by atoms with Gasteiger partial charge < -0.3 is 14.8 Å². The molecule has 2 aromatic carbocycles. The number of ether oxygens (including phenoxy) is 2. The molecule has 0 atom stereocenters. The molecular weight excluding hydrogens is 455 g/mol. The number of hydrogen-bond donors (Lipinski definition) is 1. The maximum atomic E-state index is 12.4. The second-order valence-corrected chi connectivity index (χ2v) is 6.89. The number of benzene rings is 2. The van der Waals surface area contributed by atoms with Gasteiger partial charge in [0.15, 0.2) is 11.5 Å². The highest BCUT2D eigenvalue weighted by Crippen LogP contribution is 2.37. The van der Waals surface area contributed by atoms with Crippen LogP contribution < -0.4 is 14.8 Å². The summed E-state index contributed by atoms with van der Waals surface area (Å²) in [6.45, 7) is 2.29. The van der Waals surface area contributed by atoms with Crippen LogP contribution in [0.2, 0.25) is 10.0 Å². The summed E-state index contributed by atoms with van der Waals surface area (Å²) < 4.78 is 11.5. The van der Waals surface area contributed by atoms with E-state index in [9.17, 15) is 10.1 Å². The van der Waals surface area contributed by atoms with Crippen LogP contribution in [0.15, 0.2) is 40.4 Å². The summed E-state index contributed by atoms with van der Waals surface area (Å²) in [4.78, 5) is 12.4. The lowest BCUT2D eigenvalue weighted by molar-refractivity contribution is -0.112. The zero-order valence-corrected chi connectivity index (χ0v) is 17.6. The number of nitrogens with zero attached hydrogens (tertiary/aromatic N) is 1. The van der Waals surface area contributed by atoms with Gasteiger partial charge in [0.1, 0.15) is 11.6 Å². The van der Waals surface area contributed by atoms with Gasteiger partial charge in [0, 0.05) is 5.69 Å². The fraction of sp³-hybridized carbons (Fsp3) is 0.158. The monoisotopic (exact) mass is 468 g/mol. The number of rotatable bonds is 6. The van der Waals surface area contributed by atoms with E-state index in [-0.39, 0.29) is 5.57 Å². The molecule has 2 rings (SSSR count). The van der Waals surface area contributed by atoms with E-state index in [1.807, 2.05) is 13.0 Å². The van der Waals surface area contributed by atoms with Crippen LogP contribution in [0.5, 0.6) is 11.5 Å². The molecule has 0 fully saturated rings. The van der Waals surface area contributed by atoms with Crippen molar-refractivity contribution in [1.82, 2.24) is 0 Å². The Labute approximate surface area is 175 Å². The van der Waals surface area contributed by atoms with E-state index in [1.165, 1.54) is 19.3 Å². The lowest BCUT2D eigenvalue weighted by Crippen LogP contribution is -2.13. The highest BCUT2D eigenvalue weighted by Gasteiger charge is 2.14. The summed E-state index contributed by atoms with van der Waals surface area (Å²) in [5, 5.41) is 12.7. The SMILES string of the molecule is CCOc1cc(/C=C(/C#N)C(=O)Nc2ccc(Cl)c(Cl)c2)cc(Br)c1OC.